The largest absolute Gasteiger partial charge is 0.492 e. The summed E-state index contributed by atoms with van der Waals surface area (Å²) >= 11 is 0. The highest BCUT2D eigenvalue weighted by molar-refractivity contribution is 6.12. The zero-order valence-corrected chi connectivity index (χ0v) is 24.8. The van der Waals surface area contributed by atoms with E-state index in [4.69, 9.17) is 9.47 Å². The summed E-state index contributed by atoms with van der Waals surface area (Å²) in [4.78, 5) is 25.9. The van der Waals surface area contributed by atoms with Crippen LogP contribution < -0.4 is 15.4 Å². The van der Waals surface area contributed by atoms with Crippen LogP contribution in [0.4, 0.5) is 11.4 Å². The van der Waals surface area contributed by atoms with Crippen molar-refractivity contribution in [1.29, 1.82) is 0 Å². The van der Waals surface area contributed by atoms with Gasteiger partial charge in [0.15, 0.2) is 5.78 Å². The summed E-state index contributed by atoms with van der Waals surface area (Å²) in [6.45, 7) is 1.25. The van der Waals surface area contributed by atoms with Crippen molar-refractivity contribution < 1.29 is 19.1 Å². The Morgan fingerprint density at radius 1 is 0.791 bits per heavy atom. The van der Waals surface area contributed by atoms with E-state index >= 15 is 0 Å². The van der Waals surface area contributed by atoms with Crippen molar-refractivity contribution in [2.75, 3.05) is 30.9 Å². The van der Waals surface area contributed by atoms with E-state index in [0.717, 1.165) is 11.3 Å². The van der Waals surface area contributed by atoms with Gasteiger partial charge in [-0.25, -0.2) is 4.79 Å². The van der Waals surface area contributed by atoms with Gasteiger partial charge in [-0.05, 0) is 60.2 Å². The van der Waals surface area contributed by atoms with Gasteiger partial charge in [0.2, 0.25) is 0 Å². The Hall–Kier alpha value is -4.58. The summed E-state index contributed by atoms with van der Waals surface area (Å²) in [6.07, 6.45) is 6.91. The number of carbonyl (C=O) groups is 2. The molecular weight excluding hydrogens is 536 g/mol. The number of methoxy groups -OCH3 is 1. The SMILES string of the molecule is COC(=O)C(Cc1ccc(OCCNc2ccccc2C2CCCCC2)cc1)Nc1ccccc1C(=O)c1ccccc1. The molecule has 0 radical (unpaired) electrons. The molecule has 4 aromatic rings. The van der Waals surface area contributed by atoms with Gasteiger partial charge in [-0.3, -0.25) is 4.79 Å². The predicted molar refractivity (Wildman–Crippen MR) is 172 cm³/mol. The molecule has 1 atom stereocenters. The zero-order chi connectivity index (χ0) is 29.9. The van der Waals surface area contributed by atoms with Gasteiger partial charge in [-0.2, -0.15) is 0 Å². The highest BCUT2D eigenvalue weighted by atomic mass is 16.5. The molecule has 1 aliphatic rings. The Bertz CT molecular complexity index is 1480. The van der Waals surface area contributed by atoms with Crippen molar-refractivity contribution in [2.24, 2.45) is 0 Å². The maximum Gasteiger partial charge on any atom is 0.328 e. The minimum Gasteiger partial charge on any atom is -0.492 e. The Kier molecular flexibility index (Phi) is 10.5. The second-order valence-electron chi connectivity index (χ2n) is 11.0. The van der Waals surface area contributed by atoms with Crippen molar-refractivity contribution in [3.8, 4) is 5.75 Å². The number of rotatable bonds is 13. The fourth-order valence-corrected chi connectivity index (χ4v) is 5.81. The topological polar surface area (TPSA) is 76.7 Å². The van der Waals surface area contributed by atoms with Gasteiger partial charge in [-0.15, -0.1) is 0 Å². The van der Waals surface area contributed by atoms with Crippen molar-refractivity contribution in [3.05, 3.63) is 125 Å². The maximum absolute atomic E-state index is 13.2. The molecule has 0 spiro atoms. The van der Waals surface area contributed by atoms with Crippen LogP contribution in [0, 0.1) is 0 Å². The molecule has 1 fully saturated rings. The number of ketones is 1. The van der Waals surface area contributed by atoms with E-state index in [0.29, 0.717) is 42.3 Å². The van der Waals surface area contributed by atoms with Gasteiger partial charge in [-0.1, -0.05) is 92.1 Å². The molecule has 5 rings (SSSR count). The average Bonchev–Trinajstić information content (AvgIpc) is 3.07. The third-order valence-corrected chi connectivity index (χ3v) is 8.08. The molecule has 1 aliphatic carbocycles. The maximum atomic E-state index is 13.2. The van der Waals surface area contributed by atoms with Gasteiger partial charge in [0.25, 0.3) is 0 Å². The Labute approximate surface area is 254 Å². The lowest BCUT2D eigenvalue weighted by atomic mass is 9.83. The van der Waals surface area contributed by atoms with Crippen molar-refractivity contribution in [3.63, 3.8) is 0 Å². The van der Waals surface area contributed by atoms with E-state index in [-0.39, 0.29) is 5.78 Å². The van der Waals surface area contributed by atoms with Crippen molar-refractivity contribution in [2.45, 2.75) is 50.5 Å². The molecular formula is C37H40N2O4. The van der Waals surface area contributed by atoms with Crippen LogP contribution in [0.2, 0.25) is 0 Å². The molecule has 6 heteroatoms. The minimum absolute atomic E-state index is 0.110. The molecule has 43 heavy (non-hydrogen) atoms. The number of anilines is 2. The van der Waals surface area contributed by atoms with Crippen LogP contribution in [0.5, 0.6) is 5.75 Å². The quantitative estimate of drug-likeness (QED) is 0.0967. The van der Waals surface area contributed by atoms with Crippen molar-refractivity contribution in [1.82, 2.24) is 0 Å². The summed E-state index contributed by atoms with van der Waals surface area (Å²) in [7, 11) is 1.37. The second kappa shape index (κ2) is 15.1. The van der Waals surface area contributed by atoms with Gasteiger partial charge in [0, 0.05) is 35.5 Å². The lowest BCUT2D eigenvalue weighted by Gasteiger charge is -2.24. The number of para-hydroxylation sites is 2. The monoisotopic (exact) mass is 576 g/mol. The summed E-state index contributed by atoms with van der Waals surface area (Å²) in [5, 5.41) is 6.84. The first-order chi connectivity index (χ1) is 21.1. The molecule has 1 unspecified atom stereocenters. The first kappa shape index (κ1) is 29.9. The molecule has 0 saturated heterocycles. The van der Waals surface area contributed by atoms with Gasteiger partial charge < -0.3 is 20.1 Å². The fraction of sp³-hybridized carbons (Fsp3) is 0.297. The molecule has 0 aliphatic heterocycles. The summed E-state index contributed by atoms with van der Waals surface area (Å²) in [5.41, 5.74) is 5.26. The number of ether oxygens (including phenoxy) is 2. The highest BCUT2D eigenvalue weighted by Gasteiger charge is 2.23. The molecule has 0 bridgehead atoms. The number of benzene rings is 4. The minimum atomic E-state index is -0.671. The fourth-order valence-electron chi connectivity index (χ4n) is 5.81. The first-order valence-corrected chi connectivity index (χ1v) is 15.2. The van der Waals surface area contributed by atoms with Crippen molar-refractivity contribution >= 4 is 23.1 Å². The molecule has 222 valence electrons. The molecule has 4 aromatic carbocycles. The molecule has 2 N–H and O–H groups in total. The van der Waals surface area contributed by atoms with Crippen LogP contribution in [0.3, 0.4) is 0 Å². The van der Waals surface area contributed by atoms with Gasteiger partial charge in [0.1, 0.15) is 18.4 Å². The van der Waals surface area contributed by atoms with E-state index < -0.39 is 12.0 Å². The number of esters is 1. The predicted octanol–water partition coefficient (Wildman–Crippen LogP) is 7.65. The van der Waals surface area contributed by atoms with Gasteiger partial charge in [0.05, 0.1) is 7.11 Å². The number of hydrogen-bond acceptors (Lipinski definition) is 6. The van der Waals surface area contributed by atoms with E-state index in [2.05, 4.69) is 34.9 Å². The molecule has 0 aromatic heterocycles. The summed E-state index contributed by atoms with van der Waals surface area (Å²) in [6, 6.07) is 32.1. The Morgan fingerprint density at radius 2 is 1.47 bits per heavy atom. The van der Waals surface area contributed by atoms with Crippen LogP contribution in [0.1, 0.15) is 65.1 Å². The van der Waals surface area contributed by atoms with E-state index in [9.17, 15) is 9.59 Å². The van der Waals surface area contributed by atoms with E-state index in [1.807, 2.05) is 60.7 Å². The van der Waals surface area contributed by atoms with Crippen LogP contribution in [0.15, 0.2) is 103 Å². The molecule has 0 amide bonds. The summed E-state index contributed by atoms with van der Waals surface area (Å²) < 4.78 is 11.1. The highest BCUT2D eigenvalue weighted by Crippen LogP contribution is 2.36. The van der Waals surface area contributed by atoms with Crippen LogP contribution in [0.25, 0.3) is 0 Å². The normalized spacial score (nSPS) is 14.0. The van der Waals surface area contributed by atoms with Crippen LogP contribution >= 0.6 is 0 Å². The number of carbonyl (C=O) groups excluding carboxylic acids is 2. The third-order valence-electron chi connectivity index (χ3n) is 8.08. The smallest absolute Gasteiger partial charge is 0.328 e. The van der Waals surface area contributed by atoms with E-state index in [1.54, 1.807) is 18.2 Å². The van der Waals surface area contributed by atoms with E-state index in [1.165, 1.54) is 50.5 Å². The lowest BCUT2D eigenvalue weighted by molar-refractivity contribution is -0.141. The number of hydrogen-bond donors (Lipinski definition) is 2. The zero-order valence-electron chi connectivity index (χ0n) is 24.8. The molecule has 1 saturated carbocycles. The average molecular weight is 577 g/mol. The molecule has 6 nitrogen and oxygen atoms in total. The third kappa shape index (κ3) is 8.04. The van der Waals surface area contributed by atoms with Crippen LogP contribution in [-0.2, 0) is 16.0 Å². The van der Waals surface area contributed by atoms with Gasteiger partial charge >= 0.3 is 5.97 Å². The van der Waals surface area contributed by atoms with Crippen LogP contribution in [-0.4, -0.2) is 38.1 Å². The Balaban J connectivity index is 1.17. The number of nitrogens with one attached hydrogen (secondary N) is 2. The standard InChI is InChI=1S/C37H40N2O4/c1-42-37(41)35(39-34-19-11-9-17-32(34)36(40)29-14-6-3-7-15-29)26-27-20-22-30(23-21-27)43-25-24-38-33-18-10-8-16-31(33)28-12-4-2-5-13-28/h3,6-11,14-23,28,35,38-39H,2,4-5,12-13,24-26H2,1H3. The summed E-state index contributed by atoms with van der Waals surface area (Å²) in [5.74, 6) is 0.905. The second-order valence-corrected chi connectivity index (χ2v) is 11.0. The lowest BCUT2D eigenvalue weighted by Crippen LogP contribution is -2.33. The molecule has 0 heterocycles. The Morgan fingerprint density at radius 3 is 2.21 bits per heavy atom. The first-order valence-electron chi connectivity index (χ1n) is 15.2.